The Balaban J connectivity index is 2.55. The predicted molar refractivity (Wildman–Crippen MR) is 61.8 cm³/mol. The van der Waals surface area contributed by atoms with Crippen LogP contribution in [0.2, 0.25) is 5.02 Å². The molecule has 0 aliphatic carbocycles. The van der Waals surface area contributed by atoms with Gasteiger partial charge < -0.3 is 0 Å². The van der Waals surface area contributed by atoms with E-state index in [-0.39, 0.29) is 5.56 Å². The van der Waals surface area contributed by atoms with Crippen LogP contribution >= 0.6 is 11.6 Å². The van der Waals surface area contributed by atoms with Gasteiger partial charge in [-0.1, -0.05) is 23.7 Å². The molecule has 5 heteroatoms. The number of hydrogen-bond donors (Lipinski definition) is 0. The molecule has 0 N–H and O–H groups in total. The first-order valence-electron chi connectivity index (χ1n) is 5.00. The molecule has 18 heavy (non-hydrogen) atoms. The van der Waals surface area contributed by atoms with Gasteiger partial charge in [-0.25, -0.2) is 4.39 Å². The fourth-order valence-corrected chi connectivity index (χ4v) is 1.78. The molecule has 2 aromatic carbocycles. The number of alkyl halides is 3. The van der Waals surface area contributed by atoms with Crippen LogP contribution in [0.1, 0.15) is 5.56 Å². The molecule has 0 atom stereocenters. The SMILES string of the molecule is Fc1cc(-c2cccc(Cl)c2)cc(C(F)(F)F)c1. The Bertz CT molecular complexity index is 575. The van der Waals surface area contributed by atoms with Crippen LogP contribution in [-0.2, 0) is 6.18 Å². The van der Waals surface area contributed by atoms with E-state index in [1.165, 1.54) is 6.07 Å². The molecular weight excluding hydrogens is 268 g/mol. The van der Waals surface area contributed by atoms with Gasteiger partial charge in [0.2, 0.25) is 0 Å². The monoisotopic (exact) mass is 274 g/mol. The third-order valence-electron chi connectivity index (χ3n) is 2.38. The zero-order valence-electron chi connectivity index (χ0n) is 8.93. The van der Waals surface area contributed by atoms with Crippen LogP contribution in [0.3, 0.4) is 0 Å². The van der Waals surface area contributed by atoms with E-state index in [0.717, 1.165) is 12.1 Å². The smallest absolute Gasteiger partial charge is 0.207 e. The maximum Gasteiger partial charge on any atom is 0.416 e. The van der Waals surface area contributed by atoms with Crippen molar-refractivity contribution in [3.63, 3.8) is 0 Å². The summed E-state index contributed by atoms with van der Waals surface area (Å²) in [5.41, 5.74) is -0.435. The Morgan fingerprint density at radius 2 is 1.61 bits per heavy atom. The summed E-state index contributed by atoms with van der Waals surface area (Å²) >= 11 is 5.75. The molecule has 0 bridgehead atoms. The minimum Gasteiger partial charge on any atom is -0.207 e. The van der Waals surface area contributed by atoms with E-state index in [0.29, 0.717) is 16.7 Å². The van der Waals surface area contributed by atoms with Crippen LogP contribution in [0.4, 0.5) is 17.6 Å². The molecule has 2 rings (SSSR count). The minimum absolute atomic E-state index is 0.143. The molecule has 0 aliphatic heterocycles. The molecule has 0 nitrogen and oxygen atoms in total. The highest BCUT2D eigenvalue weighted by molar-refractivity contribution is 6.30. The topological polar surface area (TPSA) is 0 Å². The Hall–Kier alpha value is -1.55. The molecule has 2 aromatic rings. The van der Waals surface area contributed by atoms with E-state index in [1.54, 1.807) is 18.2 Å². The molecule has 0 heterocycles. The lowest BCUT2D eigenvalue weighted by molar-refractivity contribution is -0.137. The van der Waals surface area contributed by atoms with Crippen molar-refractivity contribution in [1.82, 2.24) is 0 Å². The molecule has 0 amide bonds. The second kappa shape index (κ2) is 4.61. The highest BCUT2D eigenvalue weighted by Crippen LogP contribution is 2.33. The van der Waals surface area contributed by atoms with Gasteiger partial charge in [-0.2, -0.15) is 13.2 Å². The fourth-order valence-electron chi connectivity index (χ4n) is 1.59. The van der Waals surface area contributed by atoms with Crippen molar-refractivity contribution in [1.29, 1.82) is 0 Å². The maximum atomic E-state index is 13.2. The van der Waals surface area contributed by atoms with Crippen LogP contribution in [0.25, 0.3) is 11.1 Å². The van der Waals surface area contributed by atoms with Gasteiger partial charge in [0.1, 0.15) is 5.82 Å². The predicted octanol–water partition coefficient (Wildman–Crippen LogP) is 5.16. The van der Waals surface area contributed by atoms with Gasteiger partial charge in [-0.3, -0.25) is 0 Å². The molecule has 0 aromatic heterocycles. The minimum atomic E-state index is -4.57. The molecule has 0 saturated carbocycles. The van der Waals surface area contributed by atoms with Crippen molar-refractivity contribution in [2.75, 3.05) is 0 Å². The van der Waals surface area contributed by atoms with Gasteiger partial charge in [0.25, 0.3) is 0 Å². The van der Waals surface area contributed by atoms with Crippen LogP contribution in [0.5, 0.6) is 0 Å². The zero-order chi connectivity index (χ0) is 13.3. The largest absolute Gasteiger partial charge is 0.416 e. The van der Waals surface area contributed by atoms with Crippen molar-refractivity contribution < 1.29 is 17.6 Å². The summed E-state index contributed by atoms with van der Waals surface area (Å²) in [7, 11) is 0. The summed E-state index contributed by atoms with van der Waals surface area (Å²) < 4.78 is 50.9. The second-order valence-corrected chi connectivity index (χ2v) is 4.17. The van der Waals surface area contributed by atoms with Gasteiger partial charge in [-0.15, -0.1) is 0 Å². The Kier molecular flexibility index (Phi) is 3.30. The molecular formula is C13H7ClF4. The van der Waals surface area contributed by atoms with Crippen molar-refractivity contribution in [2.45, 2.75) is 6.18 Å². The van der Waals surface area contributed by atoms with E-state index in [4.69, 9.17) is 11.6 Å². The molecule has 0 radical (unpaired) electrons. The first-order valence-corrected chi connectivity index (χ1v) is 5.38. The number of benzene rings is 2. The lowest BCUT2D eigenvalue weighted by Crippen LogP contribution is -2.05. The molecule has 94 valence electrons. The molecule has 0 saturated heterocycles. The zero-order valence-corrected chi connectivity index (χ0v) is 9.69. The average Bonchev–Trinajstić information content (AvgIpc) is 2.27. The first-order chi connectivity index (χ1) is 8.36. The standard InChI is InChI=1S/C13H7ClF4/c14-11-3-1-2-8(5-11)9-4-10(13(16,17)18)7-12(15)6-9/h1-7H. The Labute approximate surface area is 106 Å². The first kappa shape index (κ1) is 12.9. The summed E-state index contributed by atoms with van der Waals surface area (Å²) in [6.07, 6.45) is -4.57. The van der Waals surface area contributed by atoms with Gasteiger partial charge in [0.05, 0.1) is 5.56 Å². The average molecular weight is 275 g/mol. The maximum absolute atomic E-state index is 13.2. The molecule has 0 spiro atoms. The van der Waals surface area contributed by atoms with Crippen LogP contribution in [-0.4, -0.2) is 0 Å². The van der Waals surface area contributed by atoms with E-state index < -0.39 is 17.6 Å². The summed E-state index contributed by atoms with van der Waals surface area (Å²) in [5.74, 6) is -0.931. The summed E-state index contributed by atoms with van der Waals surface area (Å²) in [6.45, 7) is 0. The third-order valence-corrected chi connectivity index (χ3v) is 2.62. The molecule has 0 unspecified atom stereocenters. The normalized spacial score (nSPS) is 11.6. The number of halogens is 5. The van der Waals surface area contributed by atoms with E-state index in [9.17, 15) is 17.6 Å². The number of rotatable bonds is 1. The van der Waals surface area contributed by atoms with E-state index in [1.807, 2.05) is 0 Å². The highest BCUT2D eigenvalue weighted by atomic mass is 35.5. The van der Waals surface area contributed by atoms with Crippen LogP contribution in [0.15, 0.2) is 42.5 Å². The van der Waals surface area contributed by atoms with Crippen molar-refractivity contribution >= 4 is 11.6 Å². The Morgan fingerprint density at radius 3 is 2.22 bits per heavy atom. The van der Waals surface area contributed by atoms with Gasteiger partial charge >= 0.3 is 6.18 Å². The number of hydrogen-bond acceptors (Lipinski definition) is 0. The third kappa shape index (κ3) is 2.82. The van der Waals surface area contributed by atoms with Gasteiger partial charge in [0.15, 0.2) is 0 Å². The summed E-state index contributed by atoms with van der Waals surface area (Å²) in [4.78, 5) is 0. The van der Waals surface area contributed by atoms with Gasteiger partial charge in [0, 0.05) is 5.02 Å². The fraction of sp³-hybridized carbons (Fsp3) is 0.0769. The lowest BCUT2D eigenvalue weighted by atomic mass is 10.0. The summed E-state index contributed by atoms with van der Waals surface area (Å²) in [6, 6.07) is 8.64. The van der Waals surface area contributed by atoms with Crippen molar-refractivity contribution in [3.8, 4) is 11.1 Å². The van der Waals surface area contributed by atoms with E-state index >= 15 is 0 Å². The van der Waals surface area contributed by atoms with Crippen LogP contribution in [0, 0.1) is 5.82 Å². The summed E-state index contributed by atoms with van der Waals surface area (Å²) in [5, 5.41) is 0.380. The van der Waals surface area contributed by atoms with E-state index in [2.05, 4.69) is 0 Å². The van der Waals surface area contributed by atoms with Crippen LogP contribution < -0.4 is 0 Å². The second-order valence-electron chi connectivity index (χ2n) is 3.74. The Morgan fingerprint density at radius 1 is 0.889 bits per heavy atom. The molecule has 0 fully saturated rings. The highest BCUT2D eigenvalue weighted by Gasteiger charge is 2.31. The lowest BCUT2D eigenvalue weighted by Gasteiger charge is -2.09. The quantitative estimate of drug-likeness (QED) is 0.630. The van der Waals surface area contributed by atoms with Crippen molar-refractivity contribution in [3.05, 3.63) is 58.9 Å². The van der Waals surface area contributed by atoms with Crippen molar-refractivity contribution in [2.24, 2.45) is 0 Å². The van der Waals surface area contributed by atoms with Gasteiger partial charge in [-0.05, 0) is 41.5 Å². The molecule has 0 aliphatic rings.